The minimum absolute atomic E-state index is 0.138. The van der Waals surface area contributed by atoms with Crippen LogP contribution in [0.4, 0.5) is 0 Å². The van der Waals surface area contributed by atoms with Crippen molar-refractivity contribution >= 4 is 11.8 Å². The summed E-state index contributed by atoms with van der Waals surface area (Å²) in [6.45, 7) is 0.516. The Morgan fingerprint density at radius 2 is 2.14 bits per heavy atom. The van der Waals surface area contributed by atoms with Crippen molar-refractivity contribution in [1.82, 2.24) is 10.2 Å². The molecule has 0 aromatic heterocycles. The first-order valence-electron chi connectivity index (χ1n) is 6.98. The zero-order chi connectivity index (χ0) is 15.4. The molecule has 2 rings (SSSR count). The molecule has 2 N–H and O–H groups in total. The van der Waals surface area contributed by atoms with Crippen molar-refractivity contribution < 1.29 is 19.4 Å². The molecule has 6 heteroatoms. The Morgan fingerprint density at radius 3 is 2.76 bits per heavy atom. The molecule has 114 valence electrons. The molecule has 1 aliphatic rings. The van der Waals surface area contributed by atoms with Crippen molar-refractivity contribution in [1.29, 1.82) is 0 Å². The summed E-state index contributed by atoms with van der Waals surface area (Å²) < 4.78 is 5.00. The Bertz CT molecular complexity index is 544. The standard InChI is InChI=1S/C15H20N2O4/c1-16-14(19)12-5-3-4-8-17(12)15(20)11-7-6-10(21-2)9-13(11)18/h6-7,9,12,18H,3-5,8H2,1-2H3,(H,16,19). The molecule has 6 nitrogen and oxygen atoms in total. The monoisotopic (exact) mass is 292 g/mol. The molecule has 1 atom stereocenters. The van der Waals surface area contributed by atoms with Crippen LogP contribution in [0.2, 0.25) is 0 Å². The van der Waals surface area contributed by atoms with E-state index in [4.69, 9.17) is 4.74 Å². The van der Waals surface area contributed by atoms with E-state index in [1.807, 2.05) is 0 Å². The zero-order valence-electron chi connectivity index (χ0n) is 12.3. The smallest absolute Gasteiger partial charge is 0.258 e. The van der Waals surface area contributed by atoms with Gasteiger partial charge < -0.3 is 20.1 Å². The number of piperidine rings is 1. The minimum Gasteiger partial charge on any atom is -0.507 e. The molecule has 1 aliphatic heterocycles. The summed E-state index contributed by atoms with van der Waals surface area (Å²) >= 11 is 0. The zero-order valence-corrected chi connectivity index (χ0v) is 12.3. The van der Waals surface area contributed by atoms with Crippen LogP contribution < -0.4 is 10.1 Å². The fourth-order valence-electron chi connectivity index (χ4n) is 2.59. The van der Waals surface area contributed by atoms with Gasteiger partial charge in [0.2, 0.25) is 5.91 Å². The van der Waals surface area contributed by atoms with Crippen LogP contribution in [0.1, 0.15) is 29.6 Å². The number of methoxy groups -OCH3 is 1. The number of benzene rings is 1. The number of aromatic hydroxyl groups is 1. The molecule has 2 amide bonds. The Hall–Kier alpha value is -2.24. The Morgan fingerprint density at radius 1 is 1.38 bits per heavy atom. The number of likely N-dealkylation sites (tertiary alicyclic amines) is 1. The van der Waals surface area contributed by atoms with Gasteiger partial charge in [0.05, 0.1) is 12.7 Å². The third-order valence-corrected chi connectivity index (χ3v) is 3.75. The van der Waals surface area contributed by atoms with Crippen LogP contribution in [0, 0.1) is 0 Å². The van der Waals surface area contributed by atoms with Gasteiger partial charge in [-0.05, 0) is 31.4 Å². The van der Waals surface area contributed by atoms with Crippen molar-refractivity contribution in [3.8, 4) is 11.5 Å². The van der Waals surface area contributed by atoms with E-state index in [2.05, 4.69) is 5.32 Å². The highest BCUT2D eigenvalue weighted by atomic mass is 16.5. The number of carbonyl (C=O) groups is 2. The fraction of sp³-hybridized carbons (Fsp3) is 0.467. The van der Waals surface area contributed by atoms with Gasteiger partial charge in [0.1, 0.15) is 17.5 Å². The highest BCUT2D eigenvalue weighted by molar-refractivity contribution is 5.99. The van der Waals surface area contributed by atoms with Gasteiger partial charge in [-0.15, -0.1) is 0 Å². The van der Waals surface area contributed by atoms with E-state index in [0.717, 1.165) is 12.8 Å². The van der Waals surface area contributed by atoms with E-state index in [0.29, 0.717) is 18.7 Å². The van der Waals surface area contributed by atoms with Gasteiger partial charge in [0.25, 0.3) is 5.91 Å². The fourth-order valence-corrected chi connectivity index (χ4v) is 2.59. The lowest BCUT2D eigenvalue weighted by Crippen LogP contribution is -2.51. The van der Waals surface area contributed by atoms with Gasteiger partial charge in [-0.2, -0.15) is 0 Å². The summed E-state index contributed by atoms with van der Waals surface area (Å²) in [7, 11) is 3.05. The largest absolute Gasteiger partial charge is 0.507 e. The third-order valence-electron chi connectivity index (χ3n) is 3.75. The first-order valence-corrected chi connectivity index (χ1v) is 6.98. The van der Waals surface area contributed by atoms with Crippen LogP contribution in [0.3, 0.4) is 0 Å². The van der Waals surface area contributed by atoms with Crippen LogP contribution in [0.5, 0.6) is 11.5 Å². The van der Waals surface area contributed by atoms with E-state index in [1.54, 1.807) is 13.1 Å². The highest BCUT2D eigenvalue weighted by Gasteiger charge is 2.33. The molecule has 0 spiro atoms. The van der Waals surface area contributed by atoms with Crippen molar-refractivity contribution in [2.45, 2.75) is 25.3 Å². The van der Waals surface area contributed by atoms with Crippen molar-refractivity contribution in [2.24, 2.45) is 0 Å². The second-order valence-electron chi connectivity index (χ2n) is 5.01. The van der Waals surface area contributed by atoms with Crippen LogP contribution in [-0.4, -0.2) is 48.6 Å². The predicted octanol–water partition coefficient (Wildman–Crippen LogP) is 1.14. The number of phenols is 1. The number of rotatable bonds is 3. The predicted molar refractivity (Wildman–Crippen MR) is 77.4 cm³/mol. The summed E-state index contributed by atoms with van der Waals surface area (Å²) in [6.07, 6.45) is 2.41. The molecule has 1 unspecified atom stereocenters. The quantitative estimate of drug-likeness (QED) is 0.875. The summed E-state index contributed by atoms with van der Waals surface area (Å²) in [5, 5.41) is 12.6. The number of carbonyl (C=O) groups excluding carboxylic acids is 2. The molecular weight excluding hydrogens is 272 g/mol. The first-order chi connectivity index (χ1) is 10.1. The maximum atomic E-state index is 12.6. The Kier molecular flexibility index (Phi) is 4.67. The van der Waals surface area contributed by atoms with E-state index in [9.17, 15) is 14.7 Å². The maximum Gasteiger partial charge on any atom is 0.258 e. The molecule has 21 heavy (non-hydrogen) atoms. The molecule has 1 saturated heterocycles. The molecule has 0 bridgehead atoms. The van der Waals surface area contributed by atoms with Gasteiger partial charge in [0, 0.05) is 19.7 Å². The second kappa shape index (κ2) is 6.47. The topological polar surface area (TPSA) is 78.9 Å². The van der Waals surface area contributed by atoms with Gasteiger partial charge in [-0.3, -0.25) is 9.59 Å². The van der Waals surface area contributed by atoms with Gasteiger partial charge in [-0.1, -0.05) is 0 Å². The average molecular weight is 292 g/mol. The van der Waals surface area contributed by atoms with Gasteiger partial charge in [-0.25, -0.2) is 0 Å². The molecular formula is C15H20N2O4. The summed E-state index contributed by atoms with van der Waals surface area (Å²) in [4.78, 5) is 26.0. The highest BCUT2D eigenvalue weighted by Crippen LogP contribution is 2.27. The van der Waals surface area contributed by atoms with Crippen LogP contribution in [0.15, 0.2) is 18.2 Å². The molecule has 0 saturated carbocycles. The molecule has 0 aliphatic carbocycles. The number of ether oxygens (including phenoxy) is 1. The average Bonchev–Trinajstić information content (AvgIpc) is 2.53. The number of likely N-dealkylation sites (N-methyl/N-ethyl adjacent to an activating group) is 1. The van der Waals surface area contributed by atoms with Crippen molar-refractivity contribution in [2.75, 3.05) is 20.7 Å². The SMILES string of the molecule is CNC(=O)C1CCCCN1C(=O)c1ccc(OC)cc1O. The summed E-state index contributed by atoms with van der Waals surface area (Å²) in [5.41, 5.74) is 0.187. The van der Waals surface area contributed by atoms with Crippen LogP contribution in [-0.2, 0) is 4.79 Å². The summed E-state index contributed by atoms with van der Waals surface area (Å²) in [5.74, 6) is -0.161. The van der Waals surface area contributed by atoms with Crippen LogP contribution >= 0.6 is 0 Å². The number of hydrogen-bond acceptors (Lipinski definition) is 4. The molecule has 1 fully saturated rings. The molecule has 1 heterocycles. The Balaban J connectivity index is 2.26. The first kappa shape index (κ1) is 15.2. The number of hydrogen-bond donors (Lipinski definition) is 2. The van der Waals surface area contributed by atoms with E-state index >= 15 is 0 Å². The van der Waals surface area contributed by atoms with E-state index in [-0.39, 0.29) is 23.1 Å². The molecule has 1 aromatic carbocycles. The third kappa shape index (κ3) is 3.09. The number of amides is 2. The van der Waals surface area contributed by atoms with Crippen LogP contribution in [0.25, 0.3) is 0 Å². The Labute approximate surface area is 123 Å². The normalized spacial score (nSPS) is 18.2. The number of phenolic OH excluding ortho intramolecular Hbond substituents is 1. The molecule has 1 aromatic rings. The second-order valence-corrected chi connectivity index (χ2v) is 5.01. The van der Waals surface area contributed by atoms with Crippen molar-refractivity contribution in [3.05, 3.63) is 23.8 Å². The lowest BCUT2D eigenvalue weighted by atomic mass is 10.00. The van der Waals surface area contributed by atoms with Gasteiger partial charge >= 0.3 is 0 Å². The number of nitrogens with one attached hydrogen (secondary N) is 1. The minimum atomic E-state index is -0.474. The lowest BCUT2D eigenvalue weighted by molar-refractivity contribution is -0.126. The van der Waals surface area contributed by atoms with E-state index < -0.39 is 6.04 Å². The number of nitrogens with zero attached hydrogens (tertiary/aromatic N) is 1. The lowest BCUT2D eigenvalue weighted by Gasteiger charge is -2.34. The molecule has 0 radical (unpaired) electrons. The maximum absolute atomic E-state index is 12.6. The van der Waals surface area contributed by atoms with Gasteiger partial charge in [0.15, 0.2) is 0 Å². The van der Waals surface area contributed by atoms with Crippen molar-refractivity contribution in [3.63, 3.8) is 0 Å². The summed E-state index contributed by atoms with van der Waals surface area (Å²) in [6, 6.07) is 4.06. The van der Waals surface area contributed by atoms with E-state index in [1.165, 1.54) is 24.1 Å².